The fourth-order valence-electron chi connectivity index (χ4n) is 2.56. The van der Waals surface area contributed by atoms with E-state index in [0.29, 0.717) is 12.3 Å². The summed E-state index contributed by atoms with van der Waals surface area (Å²) in [7, 11) is 0. The van der Waals surface area contributed by atoms with Crippen LogP contribution in [-0.2, 0) is 9.59 Å². The maximum absolute atomic E-state index is 12.1. The minimum absolute atomic E-state index is 0. The predicted molar refractivity (Wildman–Crippen MR) is 76.3 cm³/mol. The zero-order valence-corrected chi connectivity index (χ0v) is 12.3. The van der Waals surface area contributed by atoms with Crippen LogP contribution in [0.2, 0.25) is 0 Å². The van der Waals surface area contributed by atoms with Gasteiger partial charge in [0.25, 0.3) is 0 Å². The van der Waals surface area contributed by atoms with Crippen LogP contribution in [-0.4, -0.2) is 48.9 Å². The van der Waals surface area contributed by atoms with Crippen molar-refractivity contribution in [1.29, 1.82) is 0 Å². The first-order chi connectivity index (χ1) is 8.72. The van der Waals surface area contributed by atoms with Crippen molar-refractivity contribution in [2.45, 2.75) is 38.6 Å². The molecule has 0 bridgehead atoms. The molecule has 0 aliphatic carbocycles. The molecule has 2 fully saturated rings. The average Bonchev–Trinajstić information content (AvgIpc) is 2.35. The Kier molecular flexibility index (Phi) is 6.58. The molecule has 6 heteroatoms. The Morgan fingerprint density at radius 2 is 2.05 bits per heavy atom. The molecule has 0 radical (unpaired) electrons. The molecular weight excluding hydrogens is 266 g/mol. The van der Waals surface area contributed by atoms with Gasteiger partial charge in [0.2, 0.25) is 11.8 Å². The third-order valence-electron chi connectivity index (χ3n) is 3.86. The van der Waals surface area contributed by atoms with E-state index >= 15 is 0 Å². The topological polar surface area (TPSA) is 61.4 Å². The highest BCUT2D eigenvalue weighted by Crippen LogP contribution is 2.18. The number of amides is 2. The molecule has 0 aromatic heterocycles. The van der Waals surface area contributed by atoms with Crippen LogP contribution in [0.25, 0.3) is 0 Å². The maximum Gasteiger partial charge on any atom is 0.242 e. The zero-order valence-electron chi connectivity index (χ0n) is 11.5. The molecule has 2 saturated heterocycles. The molecule has 2 aliphatic heterocycles. The monoisotopic (exact) mass is 289 g/mol. The van der Waals surface area contributed by atoms with Gasteiger partial charge >= 0.3 is 0 Å². The number of carbonyl (C=O) groups excluding carboxylic acids is 2. The molecule has 2 aliphatic rings. The number of nitrogens with zero attached hydrogens (tertiary/aromatic N) is 1. The first-order valence-corrected chi connectivity index (χ1v) is 7.00. The summed E-state index contributed by atoms with van der Waals surface area (Å²) in [4.78, 5) is 25.7. The Morgan fingerprint density at radius 1 is 1.32 bits per heavy atom. The molecule has 5 nitrogen and oxygen atoms in total. The summed E-state index contributed by atoms with van der Waals surface area (Å²) in [5.41, 5.74) is 0. The van der Waals surface area contributed by atoms with Crippen LogP contribution in [0.3, 0.4) is 0 Å². The number of hydrogen-bond donors (Lipinski definition) is 2. The second-order valence-electron chi connectivity index (χ2n) is 5.22. The molecular formula is C13H24ClN3O2. The Bertz CT molecular complexity index is 321. The number of halogens is 1. The minimum Gasteiger partial charge on any atom is -0.354 e. The SMILES string of the molecule is CCC(=O)N1CCCCC1C(=O)NCC1CNC1.Cl. The second kappa shape index (κ2) is 7.70. The van der Waals surface area contributed by atoms with Gasteiger partial charge in [-0.2, -0.15) is 0 Å². The average molecular weight is 290 g/mol. The summed E-state index contributed by atoms with van der Waals surface area (Å²) >= 11 is 0. The Hall–Kier alpha value is -0.810. The summed E-state index contributed by atoms with van der Waals surface area (Å²) in [6.07, 6.45) is 3.34. The van der Waals surface area contributed by atoms with Crippen LogP contribution in [0, 0.1) is 5.92 Å². The fourth-order valence-corrected chi connectivity index (χ4v) is 2.56. The number of rotatable bonds is 4. The largest absolute Gasteiger partial charge is 0.354 e. The zero-order chi connectivity index (χ0) is 13.0. The predicted octanol–water partition coefficient (Wildman–Crippen LogP) is 0.535. The normalized spacial score (nSPS) is 23.2. The van der Waals surface area contributed by atoms with Crippen molar-refractivity contribution in [3.63, 3.8) is 0 Å². The van der Waals surface area contributed by atoms with Gasteiger partial charge in [-0.15, -0.1) is 12.4 Å². The van der Waals surface area contributed by atoms with Crippen molar-refractivity contribution in [2.24, 2.45) is 5.92 Å². The van der Waals surface area contributed by atoms with Crippen molar-refractivity contribution in [2.75, 3.05) is 26.2 Å². The van der Waals surface area contributed by atoms with E-state index < -0.39 is 0 Å². The number of nitrogens with one attached hydrogen (secondary N) is 2. The minimum atomic E-state index is -0.237. The van der Waals surface area contributed by atoms with E-state index in [1.54, 1.807) is 4.90 Å². The fraction of sp³-hybridized carbons (Fsp3) is 0.846. The highest BCUT2D eigenvalue weighted by molar-refractivity contribution is 5.87. The molecule has 2 heterocycles. The van der Waals surface area contributed by atoms with Crippen molar-refractivity contribution in [3.05, 3.63) is 0 Å². The van der Waals surface area contributed by atoms with Gasteiger partial charge in [0.15, 0.2) is 0 Å². The van der Waals surface area contributed by atoms with E-state index in [2.05, 4.69) is 10.6 Å². The van der Waals surface area contributed by atoms with Gasteiger partial charge in [0, 0.05) is 38.5 Å². The molecule has 2 amide bonds. The van der Waals surface area contributed by atoms with Gasteiger partial charge in [-0.25, -0.2) is 0 Å². The lowest BCUT2D eigenvalue weighted by molar-refractivity contribution is -0.142. The van der Waals surface area contributed by atoms with Crippen LogP contribution < -0.4 is 10.6 Å². The van der Waals surface area contributed by atoms with E-state index in [1.165, 1.54) is 0 Å². The summed E-state index contributed by atoms with van der Waals surface area (Å²) < 4.78 is 0. The summed E-state index contributed by atoms with van der Waals surface area (Å²) in [6.45, 7) is 5.29. The van der Waals surface area contributed by atoms with Crippen LogP contribution in [0.5, 0.6) is 0 Å². The van der Waals surface area contributed by atoms with Gasteiger partial charge in [-0.05, 0) is 19.3 Å². The standard InChI is InChI=1S/C13H23N3O2.ClH/c1-2-12(17)16-6-4-3-5-11(16)13(18)15-9-10-7-14-8-10;/h10-11,14H,2-9H2,1H3,(H,15,18);1H. The molecule has 2 rings (SSSR count). The second-order valence-corrected chi connectivity index (χ2v) is 5.22. The summed E-state index contributed by atoms with van der Waals surface area (Å²) in [6, 6.07) is -0.237. The molecule has 1 unspecified atom stereocenters. The number of piperidine rings is 1. The quantitative estimate of drug-likeness (QED) is 0.794. The number of likely N-dealkylation sites (tertiary alicyclic amines) is 1. The van der Waals surface area contributed by atoms with Gasteiger partial charge in [-0.1, -0.05) is 6.92 Å². The Balaban J connectivity index is 0.00000180. The molecule has 2 N–H and O–H groups in total. The highest BCUT2D eigenvalue weighted by Gasteiger charge is 2.31. The lowest BCUT2D eigenvalue weighted by Crippen LogP contribution is -2.54. The van der Waals surface area contributed by atoms with Gasteiger partial charge in [-0.3, -0.25) is 9.59 Å². The van der Waals surface area contributed by atoms with Crippen molar-refractivity contribution in [3.8, 4) is 0 Å². The van der Waals surface area contributed by atoms with E-state index in [4.69, 9.17) is 0 Å². The molecule has 0 spiro atoms. The van der Waals surface area contributed by atoms with Gasteiger partial charge in [0.1, 0.15) is 6.04 Å². The van der Waals surface area contributed by atoms with E-state index in [-0.39, 0.29) is 30.3 Å². The van der Waals surface area contributed by atoms with Crippen molar-refractivity contribution >= 4 is 24.2 Å². The van der Waals surface area contributed by atoms with Crippen LogP contribution in [0.4, 0.5) is 0 Å². The van der Waals surface area contributed by atoms with Gasteiger partial charge < -0.3 is 15.5 Å². The third kappa shape index (κ3) is 4.08. The van der Waals surface area contributed by atoms with E-state index in [9.17, 15) is 9.59 Å². The Morgan fingerprint density at radius 3 is 2.63 bits per heavy atom. The summed E-state index contributed by atoms with van der Waals surface area (Å²) in [5, 5.41) is 6.18. The Labute approximate surface area is 120 Å². The lowest BCUT2D eigenvalue weighted by Gasteiger charge is -2.35. The first-order valence-electron chi connectivity index (χ1n) is 7.00. The molecule has 0 aromatic rings. The van der Waals surface area contributed by atoms with E-state index in [1.807, 2.05) is 6.92 Å². The molecule has 1 atom stereocenters. The molecule has 0 aromatic carbocycles. The maximum atomic E-state index is 12.1. The van der Waals surface area contributed by atoms with Crippen LogP contribution in [0.15, 0.2) is 0 Å². The highest BCUT2D eigenvalue weighted by atomic mass is 35.5. The summed E-state index contributed by atoms with van der Waals surface area (Å²) in [5.74, 6) is 0.691. The molecule has 110 valence electrons. The van der Waals surface area contributed by atoms with Crippen LogP contribution >= 0.6 is 12.4 Å². The smallest absolute Gasteiger partial charge is 0.242 e. The number of hydrogen-bond acceptors (Lipinski definition) is 3. The molecule has 19 heavy (non-hydrogen) atoms. The molecule has 0 saturated carbocycles. The van der Waals surface area contributed by atoms with Crippen LogP contribution in [0.1, 0.15) is 32.6 Å². The third-order valence-corrected chi connectivity index (χ3v) is 3.86. The number of carbonyl (C=O) groups is 2. The lowest BCUT2D eigenvalue weighted by atomic mass is 9.99. The van der Waals surface area contributed by atoms with Gasteiger partial charge in [0.05, 0.1) is 0 Å². The van der Waals surface area contributed by atoms with E-state index in [0.717, 1.165) is 45.4 Å². The van der Waals surface area contributed by atoms with Crippen molar-refractivity contribution in [1.82, 2.24) is 15.5 Å². The van der Waals surface area contributed by atoms with Crippen molar-refractivity contribution < 1.29 is 9.59 Å². The first kappa shape index (κ1) is 16.2.